The van der Waals surface area contributed by atoms with Crippen LogP contribution in [-0.2, 0) is 7.05 Å². The predicted molar refractivity (Wildman–Crippen MR) is 131 cm³/mol. The Morgan fingerprint density at radius 1 is 1.17 bits per heavy atom. The summed E-state index contributed by atoms with van der Waals surface area (Å²) in [5, 5.41) is 10.5. The van der Waals surface area contributed by atoms with Gasteiger partial charge in [0.1, 0.15) is 6.54 Å². The maximum atomic E-state index is 13.7. The van der Waals surface area contributed by atoms with E-state index >= 15 is 0 Å². The first kappa shape index (κ1) is 24.4. The van der Waals surface area contributed by atoms with E-state index in [4.69, 9.17) is 11.1 Å². The number of aromatic nitrogens is 4. The number of fused-ring (bicyclic) bond motifs is 1. The topological polar surface area (TPSA) is 132 Å². The average Bonchev–Trinajstić information content (AvgIpc) is 2.84. The van der Waals surface area contributed by atoms with Crippen LogP contribution >= 0.6 is 0 Å². The van der Waals surface area contributed by atoms with Crippen molar-refractivity contribution in [1.29, 1.82) is 5.41 Å². The van der Waals surface area contributed by atoms with E-state index in [2.05, 4.69) is 15.3 Å². The molecule has 0 saturated carbocycles. The number of pyridine rings is 2. The maximum Gasteiger partial charge on any atom is 0.405 e. The first-order valence-electron chi connectivity index (χ1n) is 10.6. The van der Waals surface area contributed by atoms with Gasteiger partial charge in [-0.25, -0.2) is 4.98 Å². The molecule has 4 N–H and O–H groups in total. The summed E-state index contributed by atoms with van der Waals surface area (Å²) in [6, 6.07) is 10.8. The van der Waals surface area contributed by atoms with Crippen molar-refractivity contribution >= 4 is 22.7 Å². The van der Waals surface area contributed by atoms with Crippen LogP contribution in [-0.4, -0.2) is 37.5 Å². The molecule has 0 radical (unpaired) electrons. The third-order valence-corrected chi connectivity index (χ3v) is 5.28. The molecular formula is C24H20F3N7O2. The fourth-order valence-corrected chi connectivity index (χ4v) is 3.54. The highest BCUT2D eigenvalue weighted by molar-refractivity contribution is 6.06. The highest BCUT2D eigenvalue weighted by Gasteiger charge is 2.27. The van der Waals surface area contributed by atoms with Gasteiger partial charge in [0, 0.05) is 42.0 Å². The molecule has 4 rings (SSSR count). The van der Waals surface area contributed by atoms with Crippen LogP contribution in [0.25, 0.3) is 27.8 Å². The van der Waals surface area contributed by atoms with Crippen LogP contribution in [0, 0.1) is 5.41 Å². The van der Waals surface area contributed by atoms with E-state index in [9.17, 15) is 22.8 Å². The van der Waals surface area contributed by atoms with Gasteiger partial charge in [0.05, 0.1) is 11.4 Å². The minimum Gasteiger partial charge on any atom is -0.405 e. The molecule has 0 bridgehead atoms. The molecule has 184 valence electrons. The second kappa shape index (κ2) is 9.49. The van der Waals surface area contributed by atoms with Crippen LogP contribution < -0.4 is 22.2 Å². The van der Waals surface area contributed by atoms with Gasteiger partial charge in [0.2, 0.25) is 11.5 Å². The van der Waals surface area contributed by atoms with Gasteiger partial charge in [-0.2, -0.15) is 18.2 Å². The summed E-state index contributed by atoms with van der Waals surface area (Å²) in [7, 11) is 1.55. The zero-order valence-corrected chi connectivity index (χ0v) is 18.9. The molecule has 0 aliphatic heterocycles. The third kappa shape index (κ3) is 5.02. The van der Waals surface area contributed by atoms with Gasteiger partial charge in [-0.05, 0) is 42.1 Å². The Kier molecular flexibility index (Phi) is 6.43. The molecule has 0 saturated heterocycles. The number of nitrogens with two attached hydrogens (primary N) is 1. The number of hydrogen-bond acceptors (Lipinski definition) is 7. The van der Waals surface area contributed by atoms with Crippen molar-refractivity contribution in [3.05, 3.63) is 93.4 Å². The minimum absolute atomic E-state index is 0.0814. The smallest absolute Gasteiger partial charge is 0.405 e. The Morgan fingerprint density at radius 3 is 2.53 bits per heavy atom. The standard InChI is InChI=1S/C24H20F3N7O2/c1-33-12-15(4-7-20(33)35)18-10-16-11-30-23(31-13-24(25,26)27)32-21(16)34(22(18)36)17-5-2-14(3-6-17)19(29)8-9-28/h2-12,29H,13,28H2,1H3,(H,30,31,32)/b9-8-,29-19?. The zero-order chi connectivity index (χ0) is 26.0. The third-order valence-electron chi connectivity index (χ3n) is 5.28. The highest BCUT2D eigenvalue weighted by atomic mass is 19.4. The average molecular weight is 495 g/mol. The van der Waals surface area contributed by atoms with Crippen molar-refractivity contribution in [2.45, 2.75) is 6.18 Å². The van der Waals surface area contributed by atoms with Crippen LogP contribution in [0.15, 0.2) is 76.7 Å². The van der Waals surface area contributed by atoms with E-state index in [1.807, 2.05) is 0 Å². The first-order chi connectivity index (χ1) is 17.1. The summed E-state index contributed by atoms with van der Waals surface area (Å²) in [6.07, 6.45) is 0.987. The lowest BCUT2D eigenvalue weighted by atomic mass is 10.1. The lowest BCUT2D eigenvalue weighted by Crippen LogP contribution is -2.24. The van der Waals surface area contributed by atoms with Crippen molar-refractivity contribution in [2.24, 2.45) is 12.8 Å². The molecular weight excluding hydrogens is 475 g/mol. The lowest BCUT2D eigenvalue weighted by molar-refractivity contribution is -0.115. The van der Waals surface area contributed by atoms with Crippen LogP contribution in [0.2, 0.25) is 0 Å². The van der Waals surface area contributed by atoms with E-state index in [0.717, 1.165) is 0 Å². The predicted octanol–water partition coefficient (Wildman–Crippen LogP) is 2.96. The summed E-state index contributed by atoms with van der Waals surface area (Å²) in [5.41, 5.74) is 6.42. The van der Waals surface area contributed by atoms with Gasteiger partial charge in [-0.1, -0.05) is 12.1 Å². The number of nitrogens with zero attached hydrogens (tertiary/aromatic N) is 4. The summed E-state index contributed by atoms with van der Waals surface area (Å²) in [5.74, 6) is -0.297. The molecule has 0 aliphatic rings. The van der Waals surface area contributed by atoms with E-state index in [1.165, 1.54) is 52.0 Å². The van der Waals surface area contributed by atoms with E-state index in [-0.39, 0.29) is 28.4 Å². The number of halogens is 3. The van der Waals surface area contributed by atoms with Crippen LogP contribution in [0.4, 0.5) is 19.1 Å². The summed E-state index contributed by atoms with van der Waals surface area (Å²) in [4.78, 5) is 33.7. The lowest BCUT2D eigenvalue weighted by Gasteiger charge is -2.15. The second-order valence-electron chi connectivity index (χ2n) is 7.83. The van der Waals surface area contributed by atoms with Gasteiger partial charge >= 0.3 is 6.18 Å². The molecule has 0 fully saturated rings. The summed E-state index contributed by atoms with van der Waals surface area (Å²) < 4.78 is 40.7. The number of nitrogens with one attached hydrogen (secondary N) is 2. The summed E-state index contributed by atoms with van der Waals surface area (Å²) >= 11 is 0. The van der Waals surface area contributed by atoms with Gasteiger partial charge in [0.15, 0.2) is 5.65 Å². The Balaban J connectivity index is 1.94. The number of rotatable bonds is 6. The molecule has 9 nitrogen and oxygen atoms in total. The minimum atomic E-state index is -4.48. The van der Waals surface area contributed by atoms with Gasteiger partial charge in [0.25, 0.3) is 5.56 Å². The molecule has 3 aromatic heterocycles. The van der Waals surface area contributed by atoms with E-state index < -0.39 is 18.3 Å². The number of aryl methyl sites for hydroxylation is 1. The highest BCUT2D eigenvalue weighted by Crippen LogP contribution is 2.23. The molecule has 36 heavy (non-hydrogen) atoms. The fourth-order valence-electron chi connectivity index (χ4n) is 3.54. The molecule has 1 aromatic carbocycles. The Bertz CT molecular complexity index is 1600. The number of benzene rings is 1. The van der Waals surface area contributed by atoms with E-state index in [0.29, 0.717) is 22.2 Å². The second-order valence-corrected chi connectivity index (χ2v) is 7.83. The number of allylic oxidation sites excluding steroid dienone is 1. The number of hydrogen-bond donors (Lipinski definition) is 3. The molecule has 3 heterocycles. The molecule has 0 unspecified atom stereocenters. The molecule has 0 amide bonds. The Labute approximate surface area is 201 Å². The molecule has 0 atom stereocenters. The Hall–Kier alpha value is -4.74. The quantitative estimate of drug-likeness (QED) is 0.353. The zero-order valence-electron chi connectivity index (χ0n) is 18.9. The largest absolute Gasteiger partial charge is 0.405 e. The molecule has 0 aliphatic carbocycles. The number of anilines is 1. The fraction of sp³-hybridized carbons (Fsp3) is 0.125. The van der Waals surface area contributed by atoms with E-state index in [1.54, 1.807) is 31.3 Å². The Morgan fingerprint density at radius 2 is 1.89 bits per heavy atom. The molecule has 4 aromatic rings. The summed E-state index contributed by atoms with van der Waals surface area (Å²) in [6.45, 7) is -1.34. The van der Waals surface area contributed by atoms with Gasteiger partial charge in [-0.3, -0.25) is 14.2 Å². The monoisotopic (exact) mass is 495 g/mol. The van der Waals surface area contributed by atoms with Crippen molar-refractivity contribution in [3.63, 3.8) is 0 Å². The van der Waals surface area contributed by atoms with Crippen molar-refractivity contribution in [1.82, 2.24) is 19.1 Å². The van der Waals surface area contributed by atoms with Crippen molar-refractivity contribution in [3.8, 4) is 16.8 Å². The number of alkyl halides is 3. The molecule has 0 spiro atoms. The normalized spacial score (nSPS) is 11.8. The SMILES string of the molecule is Cn1cc(-c2cc3cnc(NCC(F)(F)F)nc3n(-c3ccc(C(=N)/C=C\N)cc3)c2=O)ccc1=O. The van der Waals surface area contributed by atoms with Crippen molar-refractivity contribution in [2.75, 3.05) is 11.9 Å². The van der Waals surface area contributed by atoms with Crippen LogP contribution in [0.3, 0.4) is 0 Å². The van der Waals surface area contributed by atoms with Gasteiger partial charge in [-0.15, -0.1) is 0 Å². The van der Waals surface area contributed by atoms with Crippen LogP contribution in [0.5, 0.6) is 0 Å². The van der Waals surface area contributed by atoms with Crippen molar-refractivity contribution < 1.29 is 13.2 Å². The maximum absolute atomic E-state index is 13.7. The first-order valence-corrected chi connectivity index (χ1v) is 10.6. The van der Waals surface area contributed by atoms with Gasteiger partial charge < -0.3 is 21.0 Å². The molecule has 12 heteroatoms. The van der Waals surface area contributed by atoms with Crippen LogP contribution in [0.1, 0.15) is 5.56 Å².